The van der Waals surface area contributed by atoms with Gasteiger partial charge in [0.1, 0.15) is 0 Å². The predicted molar refractivity (Wildman–Crippen MR) is 111 cm³/mol. The fraction of sp³-hybridized carbons (Fsp3) is 1.00. The molecule has 0 aliphatic rings. The van der Waals surface area contributed by atoms with Crippen molar-refractivity contribution >= 4 is 8.60 Å². The first-order valence-corrected chi connectivity index (χ1v) is 12.1. The maximum atomic E-state index is 5.90. The van der Waals surface area contributed by atoms with Gasteiger partial charge in [-0.15, -0.1) is 0 Å². The molecule has 0 aromatic heterocycles. The molecule has 0 aliphatic carbocycles. The molecule has 4 heteroatoms. The highest BCUT2D eigenvalue weighted by molar-refractivity contribution is 7.41. The Morgan fingerprint density at radius 2 is 0.680 bits per heavy atom. The van der Waals surface area contributed by atoms with Crippen LogP contribution in [0, 0.1) is 0 Å². The lowest BCUT2D eigenvalue weighted by molar-refractivity contribution is 0.154. The van der Waals surface area contributed by atoms with Gasteiger partial charge in [0.25, 0.3) is 0 Å². The van der Waals surface area contributed by atoms with Crippen molar-refractivity contribution in [1.29, 1.82) is 0 Å². The van der Waals surface area contributed by atoms with Gasteiger partial charge in [-0.05, 0) is 19.3 Å². The molecule has 0 aromatic carbocycles. The average Bonchev–Trinajstić information content (AvgIpc) is 2.63. The first kappa shape index (κ1) is 25.3. The molecule has 0 rings (SSSR count). The van der Waals surface area contributed by atoms with Crippen molar-refractivity contribution in [3.8, 4) is 0 Å². The summed E-state index contributed by atoms with van der Waals surface area (Å²) in [4.78, 5) is 0. The molecule has 0 spiro atoms. The van der Waals surface area contributed by atoms with Crippen molar-refractivity contribution in [2.75, 3.05) is 19.8 Å². The number of hydrogen-bond acceptors (Lipinski definition) is 3. The van der Waals surface area contributed by atoms with E-state index in [1.54, 1.807) is 0 Å². The topological polar surface area (TPSA) is 27.7 Å². The highest BCUT2D eigenvalue weighted by Gasteiger charge is 2.12. The molecule has 0 bridgehead atoms. The third-order valence-corrected chi connectivity index (χ3v) is 5.51. The van der Waals surface area contributed by atoms with E-state index in [0.29, 0.717) is 0 Å². The van der Waals surface area contributed by atoms with Crippen LogP contribution in [0.25, 0.3) is 0 Å². The van der Waals surface area contributed by atoms with Gasteiger partial charge >= 0.3 is 8.60 Å². The molecule has 0 aliphatic heterocycles. The van der Waals surface area contributed by atoms with Crippen LogP contribution in [0.3, 0.4) is 0 Å². The zero-order valence-corrected chi connectivity index (χ0v) is 18.3. The summed E-state index contributed by atoms with van der Waals surface area (Å²) in [5.41, 5.74) is 0. The van der Waals surface area contributed by atoms with Crippen molar-refractivity contribution in [2.45, 2.75) is 117 Å². The van der Waals surface area contributed by atoms with Crippen molar-refractivity contribution in [3.05, 3.63) is 0 Å². The summed E-state index contributed by atoms with van der Waals surface area (Å²) in [6.07, 6.45) is 18.9. The van der Waals surface area contributed by atoms with Gasteiger partial charge in [0.15, 0.2) is 0 Å². The summed E-state index contributed by atoms with van der Waals surface area (Å²) in [6, 6.07) is 0. The molecule has 0 atom stereocenters. The molecule has 0 saturated heterocycles. The van der Waals surface area contributed by atoms with E-state index in [0.717, 1.165) is 39.1 Å². The Balaban J connectivity index is 3.76. The Hall–Kier alpha value is 0.310. The van der Waals surface area contributed by atoms with Gasteiger partial charge < -0.3 is 13.6 Å². The van der Waals surface area contributed by atoms with Gasteiger partial charge in [0.05, 0.1) is 19.8 Å². The largest absolute Gasteiger partial charge is 0.332 e. The van der Waals surface area contributed by atoms with Crippen molar-refractivity contribution in [2.24, 2.45) is 0 Å². The number of unbranched alkanes of at least 4 members (excludes halogenated alkanes) is 12. The predicted octanol–water partition coefficient (Wildman–Crippen LogP) is 8.17. The van der Waals surface area contributed by atoms with E-state index in [-0.39, 0.29) is 0 Å². The van der Waals surface area contributed by atoms with Gasteiger partial charge in [-0.25, -0.2) is 0 Å². The summed E-state index contributed by atoms with van der Waals surface area (Å²) in [5.74, 6) is 0. The Bertz CT molecular complexity index is 201. The van der Waals surface area contributed by atoms with Crippen LogP contribution in [0.2, 0.25) is 0 Å². The highest BCUT2D eigenvalue weighted by atomic mass is 31.2. The second-order valence-corrected chi connectivity index (χ2v) is 8.19. The summed E-state index contributed by atoms with van der Waals surface area (Å²) < 4.78 is 17.7. The Labute approximate surface area is 159 Å². The third kappa shape index (κ3) is 20.5. The lowest BCUT2D eigenvalue weighted by atomic mass is 10.2. The van der Waals surface area contributed by atoms with E-state index < -0.39 is 8.60 Å². The molecule has 0 radical (unpaired) electrons. The smallest absolute Gasteiger partial charge is 0.312 e. The average molecular weight is 377 g/mol. The van der Waals surface area contributed by atoms with Crippen LogP contribution in [-0.2, 0) is 13.6 Å². The maximum Gasteiger partial charge on any atom is 0.332 e. The minimum Gasteiger partial charge on any atom is -0.312 e. The van der Waals surface area contributed by atoms with E-state index in [1.165, 1.54) is 77.0 Å². The Morgan fingerprint density at radius 1 is 0.400 bits per heavy atom. The third-order valence-electron chi connectivity index (χ3n) is 4.33. The monoisotopic (exact) mass is 376 g/mol. The summed E-state index contributed by atoms with van der Waals surface area (Å²) in [7, 11) is -1.13. The molecular weight excluding hydrogens is 331 g/mol. The van der Waals surface area contributed by atoms with Crippen LogP contribution in [0.1, 0.15) is 117 Å². The molecule has 3 nitrogen and oxygen atoms in total. The first-order chi connectivity index (χ1) is 12.3. The minimum absolute atomic E-state index is 0.779. The molecular formula is C21H45O3P. The SMILES string of the molecule is CCCCCCCOP(OCCCCCCC)OCCCCCCC. The highest BCUT2D eigenvalue weighted by Crippen LogP contribution is 2.40. The summed E-state index contributed by atoms with van der Waals surface area (Å²) in [5, 5.41) is 0. The molecule has 0 aromatic rings. The standard InChI is InChI=1S/C21H45O3P/c1-4-7-10-13-16-19-22-25(23-20-17-14-11-8-5-2)24-21-18-15-12-9-6-3/h4-21H2,1-3H3. The van der Waals surface area contributed by atoms with E-state index in [1.807, 2.05) is 0 Å². The minimum atomic E-state index is -1.13. The number of hydrogen-bond donors (Lipinski definition) is 0. The molecule has 0 heterocycles. The maximum absolute atomic E-state index is 5.90. The first-order valence-electron chi connectivity index (χ1n) is 11.0. The Kier molecular flexibility index (Phi) is 22.6. The van der Waals surface area contributed by atoms with Crippen LogP contribution >= 0.6 is 8.60 Å². The van der Waals surface area contributed by atoms with Crippen LogP contribution in [0.15, 0.2) is 0 Å². The van der Waals surface area contributed by atoms with Gasteiger partial charge in [-0.2, -0.15) is 0 Å². The summed E-state index contributed by atoms with van der Waals surface area (Å²) in [6.45, 7) is 9.08. The second-order valence-electron chi connectivity index (χ2n) is 6.97. The van der Waals surface area contributed by atoms with Crippen molar-refractivity contribution in [3.63, 3.8) is 0 Å². The molecule has 152 valence electrons. The Morgan fingerprint density at radius 3 is 0.960 bits per heavy atom. The zero-order valence-electron chi connectivity index (χ0n) is 17.4. The van der Waals surface area contributed by atoms with E-state index >= 15 is 0 Å². The van der Waals surface area contributed by atoms with Crippen molar-refractivity contribution < 1.29 is 13.6 Å². The number of rotatable bonds is 21. The molecule has 0 fully saturated rings. The summed E-state index contributed by atoms with van der Waals surface area (Å²) >= 11 is 0. The van der Waals surface area contributed by atoms with E-state index in [2.05, 4.69) is 20.8 Å². The van der Waals surface area contributed by atoms with Gasteiger partial charge in [0, 0.05) is 0 Å². The normalized spacial score (nSPS) is 11.5. The lowest BCUT2D eigenvalue weighted by Gasteiger charge is -2.17. The van der Waals surface area contributed by atoms with E-state index in [9.17, 15) is 0 Å². The fourth-order valence-electron chi connectivity index (χ4n) is 2.65. The van der Waals surface area contributed by atoms with Crippen molar-refractivity contribution in [1.82, 2.24) is 0 Å². The lowest BCUT2D eigenvalue weighted by Crippen LogP contribution is -2.00. The van der Waals surface area contributed by atoms with Crippen LogP contribution < -0.4 is 0 Å². The quantitative estimate of drug-likeness (QED) is 0.149. The molecule has 0 saturated carbocycles. The second kappa shape index (κ2) is 22.4. The van der Waals surface area contributed by atoms with Crippen LogP contribution in [-0.4, -0.2) is 19.8 Å². The fourth-order valence-corrected chi connectivity index (χ4v) is 3.70. The van der Waals surface area contributed by atoms with Crippen LogP contribution in [0.4, 0.5) is 0 Å². The van der Waals surface area contributed by atoms with Gasteiger partial charge in [-0.1, -0.05) is 97.8 Å². The van der Waals surface area contributed by atoms with E-state index in [4.69, 9.17) is 13.6 Å². The zero-order chi connectivity index (χ0) is 18.4. The molecule has 0 unspecified atom stereocenters. The van der Waals surface area contributed by atoms with Gasteiger partial charge in [0.2, 0.25) is 0 Å². The molecule has 0 N–H and O–H groups in total. The molecule has 25 heavy (non-hydrogen) atoms. The van der Waals surface area contributed by atoms with Crippen LogP contribution in [0.5, 0.6) is 0 Å². The molecule has 0 amide bonds. The van der Waals surface area contributed by atoms with Gasteiger partial charge in [-0.3, -0.25) is 0 Å².